The number of hydrogen-bond donors (Lipinski definition) is 1. The second-order valence-electron chi connectivity index (χ2n) is 7.38. The molecule has 1 aliphatic heterocycles. The zero-order valence-corrected chi connectivity index (χ0v) is 18.8. The van der Waals surface area contributed by atoms with Gasteiger partial charge in [0.25, 0.3) is 11.8 Å². The maximum atomic E-state index is 12.9. The molecule has 0 radical (unpaired) electrons. The monoisotopic (exact) mass is 448 g/mol. The Morgan fingerprint density at radius 3 is 2.48 bits per heavy atom. The molecular formula is C25H21ClN2O2S. The summed E-state index contributed by atoms with van der Waals surface area (Å²) in [6.45, 7) is 2.44. The fraction of sp³-hybridized carbons (Fsp3) is 0.120. The zero-order valence-electron chi connectivity index (χ0n) is 17.2. The average Bonchev–Trinajstić information content (AvgIpc) is 2.78. The Morgan fingerprint density at radius 2 is 1.77 bits per heavy atom. The van der Waals surface area contributed by atoms with E-state index in [2.05, 4.69) is 5.32 Å². The zero-order chi connectivity index (χ0) is 22.0. The lowest BCUT2D eigenvalue weighted by Crippen LogP contribution is -2.31. The first-order chi connectivity index (χ1) is 14.9. The van der Waals surface area contributed by atoms with Gasteiger partial charge in [0.05, 0.1) is 10.6 Å². The quantitative estimate of drug-likeness (QED) is 0.522. The number of halogens is 1. The van der Waals surface area contributed by atoms with Gasteiger partial charge in [0.1, 0.15) is 0 Å². The van der Waals surface area contributed by atoms with Crippen LogP contribution >= 0.6 is 23.4 Å². The van der Waals surface area contributed by atoms with Crippen molar-refractivity contribution in [3.8, 4) is 0 Å². The largest absolute Gasteiger partial charge is 0.348 e. The standard InChI is InChI=1S/C25H21ClN2O2S/c1-16-3-5-17(6-4-16)13-23-25(30)28(2)21-14-19(9-12-22(21)31-23)24(29)27-15-18-7-10-20(26)11-8-18/h3-14H,15H2,1-2H3,(H,27,29). The summed E-state index contributed by atoms with van der Waals surface area (Å²) in [6.07, 6.45) is 1.90. The molecule has 4 nitrogen and oxygen atoms in total. The number of nitrogens with one attached hydrogen (secondary N) is 1. The van der Waals surface area contributed by atoms with E-state index in [1.54, 1.807) is 36.2 Å². The van der Waals surface area contributed by atoms with E-state index in [9.17, 15) is 9.59 Å². The number of amides is 2. The Hall–Kier alpha value is -3.02. The number of rotatable bonds is 4. The third-order valence-electron chi connectivity index (χ3n) is 5.06. The number of aryl methyl sites for hydroxylation is 1. The number of thioether (sulfide) groups is 1. The predicted molar refractivity (Wildman–Crippen MR) is 127 cm³/mol. The molecule has 156 valence electrons. The van der Waals surface area contributed by atoms with Crippen molar-refractivity contribution in [1.29, 1.82) is 0 Å². The van der Waals surface area contributed by atoms with Crippen LogP contribution < -0.4 is 10.2 Å². The molecule has 0 saturated heterocycles. The van der Waals surface area contributed by atoms with Gasteiger partial charge in [0, 0.05) is 29.1 Å². The number of anilines is 1. The van der Waals surface area contributed by atoms with Crippen LogP contribution in [0, 0.1) is 6.92 Å². The molecule has 31 heavy (non-hydrogen) atoms. The van der Waals surface area contributed by atoms with Gasteiger partial charge in [-0.15, -0.1) is 0 Å². The molecule has 0 unspecified atom stereocenters. The van der Waals surface area contributed by atoms with Crippen molar-refractivity contribution in [3.05, 3.63) is 98.9 Å². The van der Waals surface area contributed by atoms with Crippen LogP contribution in [0.4, 0.5) is 5.69 Å². The number of hydrogen-bond acceptors (Lipinski definition) is 3. The molecule has 1 N–H and O–H groups in total. The maximum absolute atomic E-state index is 12.9. The molecule has 2 amide bonds. The Labute approximate surface area is 190 Å². The summed E-state index contributed by atoms with van der Waals surface area (Å²) < 4.78 is 0. The van der Waals surface area contributed by atoms with Gasteiger partial charge in [0.15, 0.2) is 0 Å². The SMILES string of the molecule is Cc1ccc(C=C2Sc3ccc(C(=O)NCc4ccc(Cl)cc4)cc3N(C)C2=O)cc1. The van der Waals surface area contributed by atoms with Gasteiger partial charge >= 0.3 is 0 Å². The first kappa shape index (κ1) is 21.2. The number of fused-ring (bicyclic) bond motifs is 1. The number of benzene rings is 3. The molecule has 0 aromatic heterocycles. The van der Waals surface area contributed by atoms with Crippen LogP contribution in [0.25, 0.3) is 6.08 Å². The van der Waals surface area contributed by atoms with Gasteiger partial charge in [0.2, 0.25) is 0 Å². The highest BCUT2D eigenvalue weighted by atomic mass is 35.5. The van der Waals surface area contributed by atoms with Gasteiger partial charge in [-0.3, -0.25) is 9.59 Å². The summed E-state index contributed by atoms with van der Waals surface area (Å²) in [5.41, 5.74) is 4.36. The van der Waals surface area contributed by atoms with E-state index in [-0.39, 0.29) is 11.8 Å². The van der Waals surface area contributed by atoms with Crippen molar-refractivity contribution in [2.45, 2.75) is 18.4 Å². The van der Waals surface area contributed by atoms with Gasteiger partial charge in [-0.1, -0.05) is 65.3 Å². The molecule has 0 spiro atoms. The highest BCUT2D eigenvalue weighted by molar-refractivity contribution is 8.04. The molecule has 1 heterocycles. The van der Waals surface area contributed by atoms with E-state index >= 15 is 0 Å². The summed E-state index contributed by atoms with van der Waals surface area (Å²) >= 11 is 7.32. The van der Waals surface area contributed by atoms with Crippen LogP contribution in [-0.4, -0.2) is 18.9 Å². The van der Waals surface area contributed by atoms with Crippen LogP contribution in [0.3, 0.4) is 0 Å². The van der Waals surface area contributed by atoms with Crippen molar-refractivity contribution in [1.82, 2.24) is 5.32 Å². The number of nitrogens with zero attached hydrogens (tertiary/aromatic N) is 1. The molecule has 6 heteroatoms. The summed E-state index contributed by atoms with van der Waals surface area (Å²) in [4.78, 5) is 28.7. The van der Waals surface area contributed by atoms with Crippen LogP contribution in [0.1, 0.15) is 27.0 Å². The third kappa shape index (κ3) is 4.84. The fourth-order valence-electron chi connectivity index (χ4n) is 3.24. The van der Waals surface area contributed by atoms with Crippen LogP contribution in [-0.2, 0) is 11.3 Å². The highest BCUT2D eigenvalue weighted by Crippen LogP contribution is 2.42. The normalized spacial score (nSPS) is 14.5. The summed E-state index contributed by atoms with van der Waals surface area (Å²) in [7, 11) is 1.74. The van der Waals surface area contributed by atoms with Crippen LogP contribution in [0.15, 0.2) is 76.5 Å². The molecule has 4 rings (SSSR count). The second kappa shape index (κ2) is 9.00. The first-order valence-electron chi connectivity index (χ1n) is 9.82. The minimum atomic E-state index is -0.190. The topological polar surface area (TPSA) is 49.4 Å². The lowest BCUT2D eigenvalue weighted by molar-refractivity contribution is -0.114. The van der Waals surface area contributed by atoms with Crippen molar-refractivity contribution in [2.75, 3.05) is 11.9 Å². The van der Waals surface area contributed by atoms with Gasteiger partial charge in [-0.05, 0) is 54.5 Å². The number of likely N-dealkylation sites (N-methyl/N-ethyl adjacent to an activating group) is 1. The minimum Gasteiger partial charge on any atom is -0.348 e. The molecule has 0 aliphatic carbocycles. The number of carbonyl (C=O) groups is 2. The molecular weight excluding hydrogens is 428 g/mol. The van der Waals surface area contributed by atoms with Crippen molar-refractivity contribution < 1.29 is 9.59 Å². The smallest absolute Gasteiger partial charge is 0.264 e. The van der Waals surface area contributed by atoms with Crippen LogP contribution in [0.2, 0.25) is 5.02 Å². The first-order valence-corrected chi connectivity index (χ1v) is 11.0. The predicted octanol–water partition coefficient (Wildman–Crippen LogP) is 5.69. The summed E-state index contributed by atoms with van der Waals surface area (Å²) in [6, 6.07) is 20.8. The van der Waals surface area contributed by atoms with Crippen molar-refractivity contribution in [3.63, 3.8) is 0 Å². The Morgan fingerprint density at radius 1 is 1.06 bits per heavy atom. The van der Waals surface area contributed by atoms with Gasteiger partial charge in [-0.25, -0.2) is 0 Å². The van der Waals surface area contributed by atoms with Gasteiger partial charge in [-0.2, -0.15) is 0 Å². The van der Waals surface area contributed by atoms with E-state index in [0.29, 0.717) is 22.0 Å². The molecule has 0 atom stereocenters. The Kier molecular flexibility index (Phi) is 6.16. The average molecular weight is 449 g/mol. The minimum absolute atomic E-state index is 0.0863. The fourth-order valence-corrected chi connectivity index (χ4v) is 4.45. The van der Waals surface area contributed by atoms with E-state index in [1.165, 1.54) is 17.3 Å². The Bertz CT molecular complexity index is 1170. The van der Waals surface area contributed by atoms with E-state index in [0.717, 1.165) is 21.7 Å². The van der Waals surface area contributed by atoms with E-state index < -0.39 is 0 Å². The molecule has 1 aliphatic rings. The third-order valence-corrected chi connectivity index (χ3v) is 6.39. The molecule has 0 bridgehead atoms. The van der Waals surface area contributed by atoms with Gasteiger partial charge < -0.3 is 10.2 Å². The lowest BCUT2D eigenvalue weighted by Gasteiger charge is -2.27. The van der Waals surface area contributed by atoms with Crippen LogP contribution in [0.5, 0.6) is 0 Å². The summed E-state index contributed by atoms with van der Waals surface area (Å²) in [5, 5.41) is 3.57. The van der Waals surface area contributed by atoms with Crippen molar-refractivity contribution in [2.24, 2.45) is 0 Å². The lowest BCUT2D eigenvalue weighted by atomic mass is 10.1. The van der Waals surface area contributed by atoms with E-state index in [4.69, 9.17) is 11.6 Å². The number of carbonyl (C=O) groups excluding carboxylic acids is 2. The maximum Gasteiger partial charge on any atom is 0.264 e. The molecule has 0 saturated carbocycles. The second-order valence-corrected chi connectivity index (χ2v) is 8.90. The molecule has 3 aromatic rings. The highest BCUT2D eigenvalue weighted by Gasteiger charge is 2.27. The summed E-state index contributed by atoms with van der Waals surface area (Å²) in [5.74, 6) is -0.276. The van der Waals surface area contributed by atoms with Crippen molar-refractivity contribution >= 4 is 46.9 Å². The van der Waals surface area contributed by atoms with E-state index in [1.807, 2.05) is 55.5 Å². The molecule has 3 aromatic carbocycles. The molecule has 0 fully saturated rings. The Balaban J connectivity index is 1.52.